The largest absolute Gasteiger partial charge is 0.456 e. The lowest BCUT2D eigenvalue weighted by Gasteiger charge is -2.19. The van der Waals surface area contributed by atoms with Crippen LogP contribution in [0.4, 0.5) is 0 Å². The van der Waals surface area contributed by atoms with Gasteiger partial charge in [0.1, 0.15) is 6.10 Å². The van der Waals surface area contributed by atoms with E-state index in [1.54, 1.807) is 24.3 Å². The highest BCUT2D eigenvalue weighted by Gasteiger charge is 2.62. The number of ether oxygens (including phenoxy) is 1. The van der Waals surface area contributed by atoms with Gasteiger partial charge in [-0.05, 0) is 36.5 Å². The Kier molecular flexibility index (Phi) is 3.15. The highest BCUT2D eigenvalue weighted by atomic mass is 16.5. The molecule has 3 nitrogen and oxygen atoms in total. The number of fused-ring (bicyclic) bond motifs is 1. The Morgan fingerprint density at radius 1 is 1.20 bits per heavy atom. The number of Topliss-reactive ketones (excluding diaryl/α,β-unsaturated/α-hetero) is 1. The van der Waals surface area contributed by atoms with E-state index in [9.17, 15) is 9.59 Å². The fourth-order valence-corrected chi connectivity index (χ4v) is 3.74. The molecule has 0 unspecified atom stereocenters. The summed E-state index contributed by atoms with van der Waals surface area (Å²) in [6.07, 6.45) is 3.02. The topological polar surface area (TPSA) is 43.4 Å². The van der Waals surface area contributed by atoms with Gasteiger partial charge in [-0.3, -0.25) is 4.79 Å². The molecule has 3 rings (SSSR count). The van der Waals surface area contributed by atoms with Crippen molar-refractivity contribution in [3.63, 3.8) is 0 Å². The molecule has 20 heavy (non-hydrogen) atoms. The maximum Gasteiger partial charge on any atom is 0.379 e. The number of hydrogen-bond acceptors (Lipinski definition) is 3. The number of carbonyl (C=O) groups is 2. The third kappa shape index (κ3) is 2.15. The average molecular weight is 272 g/mol. The maximum absolute atomic E-state index is 12.0. The molecule has 2 aliphatic rings. The molecule has 106 valence electrons. The van der Waals surface area contributed by atoms with Gasteiger partial charge in [-0.25, -0.2) is 4.79 Å². The Labute approximate surface area is 119 Å². The lowest BCUT2D eigenvalue weighted by Crippen LogP contribution is -2.25. The zero-order chi connectivity index (χ0) is 14.3. The number of rotatable bonds is 4. The number of benzene rings is 1. The van der Waals surface area contributed by atoms with Crippen LogP contribution in [0, 0.1) is 17.3 Å². The van der Waals surface area contributed by atoms with E-state index >= 15 is 0 Å². The number of ketones is 1. The van der Waals surface area contributed by atoms with Crippen molar-refractivity contribution >= 4 is 11.8 Å². The predicted octanol–water partition coefficient (Wildman–Crippen LogP) is 3.24. The van der Waals surface area contributed by atoms with E-state index < -0.39 is 11.8 Å². The first-order valence-corrected chi connectivity index (χ1v) is 7.33. The van der Waals surface area contributed by atoms with E-state index in [0.29, 0.717) is 22.8 Å². The number of hydrogen-bond donors (Lipinski definition) is 0. The standard InChI is InChI=1S/C17H20O3/c1-11(2)17-9-13(17)8-14(10-17)20-16(19)15(18)12-6-4-3-5-7-12/h3-7,11,13-14H,8-10H2,1-2H3/t13-,14+,17+/m1/s1. The van der Waals surface area contributed by atoms with Gasteiger partial charge >= 0.3 is 5.97 Å². The van der Waals surface area contributed by atoms with Gasteiger partial charge in [-0.1, -0.05) is 44.2 Å². The molecule has 2 fully saturated rings. The third-order valence-corrected chi connectivity index (χ3v) is 5.08. The molecule has 1 aromatic rings. The first-order chi connectivity index (χ1) is 9.53. The monoisotopic (exact) mass is 272 g/mol. The molecule has 3 atom stereocenters. The van der Waals surface area contributed by atoms with Gasteiger partial charge in [0.15, 0.2) is 0 Å². The minimum Gasteiger partial charge on any atom is -0.456 e. The van der Waals surface area contributed by atoms with Crippen LogP contribution in [0.5, 0.6) is 0 Å². The van der Waals surface area contributed by atoms with Crippen molar-refractivity contribution in [2.45, 2.75) is 39.2 Å². The van der Waals surface area contributed by atoms with Crippen molar-refractivity contribution in [3.05, 3.63) is 35.9 Å². The fourth-order valence-electron chi connectivity index (χ4n) is 3.74. The van der Waals surface area contributed by atoms with E-state index in [2.05, 4.69) is 13.8 Å². The van der Waals surface area contributed by atoms with Crippen molar-refractivity contribution in [1.82, 2.24) is 0 Å². The summed E-state index contributed by atoms with van der Waals surface area (Å²) in [5.41, 5.74) is 0.778. The Bertz CT molecular complexity index is 534. The van der Waals surface area contributed by atoms with Gasteiger partial charge < -0.3 is 4.74 Å². The van der Waals surface area contributed by atoms with E-state index in [0.717, 1.165) is 12.8 Å². The summed E-state index contributed by atoms with van der Waals surface area (Å²) in [4.78, 5) is 23.9. The normalized spacial score (nSPS) is 30.9. The quantitative estimate of drug-likeness (QED) is 0.480. The molecule has 0 saturated heterocycles. The van der Waals surface area contributed by atoms with Crippen LogP contribution in [0.2, 0.25) is 0 Å². The first kappa shape index (κ1) is 13.3. The molecule has 0 aromatic heterocycles. The van der Waals surface area contributed by atoms with Crippen LogP contribution < -0.4 is 0 Å². The van der Waals surface area contributed by atoms with Crippen molar-refractivity contribution in [1.29, 1.82) is 0 Å². The molecule has 0 N–H and O–H groups in total. The average Bonchev–Trinajstić information content (AvgIpc) is 3.02. The summed E-state index contributed by atoms with van der Waals surface area (Å²) >= 11 is 0. The molecule has 1 aromatic carbocycles. The van der Waals surface area contributed by atoms with Crippen molar-refractivity contribution in [2.24, 2.45) is 17.3 Å². The summed E-state index contributed by atoms with van der Waals surface area (Å²) in [5, 5.41) is 0. The predicted molar refractivity (Wildman–Crippen MR) is 75.3 cm³/mol. The molecule has 0 bridgehead atoms. The van der Waals surface area contributed by atoms with Crippen LogP contribution in [0.25, 0.3) is 0 Å². The molecule has 0 radical (unpaired) electrons. The van der Waals surface area contributed by atoms with Crippen molar-refractivity contribution in [3.8, 4) is 0 Å². The lowest BCUT2D eigenvalue weighted by atomic mass is 9.89. The number of esters is 1. The second-order valence-corrected chi connectivity index (χ2v) is 6.45. The molecular weight excluding hydrogens is 252 g/mol. The van der Waals surface area contributed by atoms with Gasteiger partial charge in [-0.15, -0.1) is 0 Å². The summed E-state index contributed by atoms with van der Waals surface area (Å²) in [5.74, 6) is 0.0688. The Hall–Kier alpha value is -1.64. The highest BCUT2D eigenvalue weighted by molar-refractivity contribution is 6.40. The first-order valence-electron chi connectivity index (χ1n) is 7.33. The molecular formula is C17H20O3. The van der Waals surface area contributed by atoms with Gasteiger partial charge in [0.05, 0.1) is 0 Å². The Morgan fingerprint density at radius 2 is 1.90 bits per heavy atom. The van der Waals surface area contributed by atoms with Gasteiger partial charge in [0.25, 0.3) is 5.78 Å². The van der Waals surface area contributed by atoms with Crippen molar-refractivity contribution < 1.29 is 14.3 Å². The van der Waals surface area contributed by atoms with E-state index in [4.69, 9.17) is 4.74 Å². The zero-order valence-corrected chi connectivity index (χ0v) is 12.0. The zero-order valence-electron chi connectivity index (χ0n) is 12.0. The fraction of sp³-hybridized carbons (Fsp3) is 0.529. The minimum absolute atomic E-state index is 0.0729. The van der Waals surface area contributed by atoms with Crippen LogP contribution in [-0.2, 0) is 9.53 Å². The van der Waals surface area contributed by atoms with Crippen LogP contribution in [0.15, 0.2) is 30.3 Å². The Morgan fingerprint density at radius 3 is 2.50 bits per heavy atom. The van der Waals surface area contributed by atoms with Gasteiger partial charge in [0, 0.05) is 5.56 Å². The second kappa shape index (κ2) is 4.72. The maximum atomic E-state index is 12.0. The van der Waals surface area contributed by atoms with Gasteiger partial charge in [-0.2, -0.15) is 0 Å². The summed E-state index contributed by atoms with van der Waals surface area (Å²) in [6.45, 7) is 4.47. The summed E-state index contributed by atoms with van der Waals surface area (Å²) in [7, 11) is 0. The molecule has 3 heteroatoms. The van der Waals surface area contributed by atoms with E-state index in [1.807, 2.05) is 6.07 Å². The molecule has 0 spiro atoms. The summed E-state index contributed by atoms with van der Waals surface area (Å²) in [6, 6.07) is 8.60. The highest BCUT2D eigenvalue weighted by Crippen LogP contribution is 2.67. The van der Waals surface area contributed by atoms with Crippen LogP contribution in [0.3, 0.4) is 0 Å². The van der Waals surface area contributed by atoms with E-state index in [1.165, 1.54) is 6.42 Å². The lowest BCUT2D eigenvalue weighted by molar-refractivity contribution is -0.143. The van der Waals surface area contributed by atoms with Crippen LogP contribution in [-0.4, -0.2) is 17.9 Å². The molecule has 2 aliphatic carbocycles. The SMILES string of the molecule is CC(C)[C@]12C[C@@H](OC(=O)C(=O)c3ccccc3)C[C@@H]1C2. The smallest absolute Gasteiger partial charge is 0.379 e. The van der Waals surface area contributed by atoms with Crippen LogP contribution in [0.1, 0.15) is 43.5 Å². The molecule has 0 amide bonds. The summed E-state index contributed by atoms with van der Waals surface area (Å²) < 4.78 is 5.42. The van der Waals surface area contributed by atoms with Crippen LogP contribution >= 0.6 is 0 Å². The molecule has 0 heterocycles. The second-order valence-electron chi connectivity index (χ2n) is 6.45. The van der Waals surface area contributed by atoms with Gasteiger partial charge in [0.2, 0.25) is 0 Å². The number of carbonyl (C=O) groups excluding carboxylic acids is 2. The van der Waals surface area contributed by atoms with Crippen molar-refractivity contribution in [2.75, 3.05) is 0 Å². The molecule has 0 aliphatic heterocycles. The third-order valence-electron chi connectivity index (χ3n) is 5.08. The van der Waals surface area contributed by atoms with E-state index in [-0.39, 0.29) is 6.10 Å². The Balaban J connectivity index is 1.60. The molecule has 2 saturated carbocycles. The minimum atomic E-state index is -0.707.